The van der Waals surface area contributed by atoms with Crippen LogP contribution in [0.1, 0.15) is 39.2 Å². The van der Waals surface area contributed by atoms with Gasteiger partial charge in [-0.1, -0.05) is 31.5 Å². The highest BCUT2D eigenvalue weighted by molar-refractivity contribution is 5.98. The summed E-state index contributed by atoms with van der Waals surface area (Å²) >= 11 is 0. The average molecular weight is 405 g/mol. The van der Waals surface area contributed by atoms with Crippen LogP contribution in [-0.2, 0) is 14.4 Å². The van der Waals surface area contributed by atoms with Crippen LogP contribution in [0.5, 0.6) is 0 Å². The van der Waals surface area contributed by atoms with Gasteiger partial charge in [0.2, 0.25) is 17.7 Å². The molecule has 0 aromatic heterocycles. The van der Waals surface area contributed by atoms with Gasteiger partial charge in [-0.3, -0.25) is 14.4 Å². The summed E-state index contributed by atoms with van der Waals surface area (Å²) in [5.74, 6) is -1.31. The van der Waals surface area contributed by atoms with Crippen molar-refractivity contribution in [1.29, 1.82) is 0 Å². The van der Waals surface area contributed by atoms with Gasteiger partial charge < -0.3 is 27.0 Å². The number of carbonyl (C=O) groups is 4. The van der Waals surface area contributed by atoms with Gasteiger partial charge >= 0.3 is 6.03 Å². The molecule has 1 aromatic rings. The Hall–Kier alpha value is -3.10. The predicted molar refractivity (Wildman–Crippen MR) is 111 cm³/mol. The second kappa shape index (κ2) is 11.7. The predicted octanol–water partition coefficient (Wildman–Crippen LogP) is 1.03. The molecule has 0 bridgehead atoms. The lowest BCUT2D eigenvalue weighted by Crippen LogP contribution is -2.54. The lowest BCUT2D eigenvalue weighted by Gasteiger charge is -2.25. The van der Waals surface area contributed by atoms with Crippen LogP contribution < -0.4 is 27.0 Å². The zero-order valence-corrected chi connectivity index (χ0v) is 17.4. The van der Waals surface area contributed by atoms with E-state index in [-0.39, 0.29) is 30.7 Å². The van der Waals surface area contributed by atoms with E-state index in [1.165, 1.54) is 6.92 Å². The first-order valence-corrected chi connectivity index (χ1v) is 9.58. The second-order valence-electron chi connectivity index (χ2n) is 7.27. The molecule has 2 atom stereocenters. The van der Waals surface area contributed by atoms with E-state index in [0.29, 0.717) is 12.1 Å². The standard InChI is InChI=1S/C20H31N5O4/c1-12(2)17(23-14(4)26)19(28)25-16(6-5-11-22-20(21)29)18(27)24-15-9-7-13(3)8-10-15/h7-10,12,16-17H,5-6,11H2,1-4H3,(H,23,26)(H,24,27)(H,25,28)(H3,21,22,29). The molecule has 0 heterocycles. The first-order chi connectivity index (χ1) is 13.6. The summed E-state index contributed by atoms with van der Waals surface area (Å²) in [5, 5.41) is 10.6. The van der Waals surface area contributed by atoms with Gasteiger partial charge in [0.15, 0.2) is 0 Å². The number of amides is 5. The Labute approximate surface area is 171 Å². The molecule has 0 radical (unpaired) electrons. The Balaban J connectivity index is 2.85. The third kappa shape index (κ3) is 9.09. The van der Waals surface area contributed by atoms with Crippen LogP contribution in [0.15, 0.2) is 24.3 Å². The molecule has 6 N–H and O–H groups in total. The van der Waals surface area contributed by atoms with Crippen LogP contribution >= 0.6 is 0 Å². The molecule has 0 fully saturated rings. The number of rotatable bonds is 10. The largest absolute Gasteiger partial charge is 0.352 e. The Kier molecular flexibility index (Phi) is 9.64. The maximum atomic E-state index is 12.8. The molecule has 0 aliphatic carbocycles. The molecule has 0 aliphatic rings. The molecule has 2 unspecified atom stereocenters. The molecule has 160 valence electrons. The SMILES string of the molecule is CC(=O)NC(C(=O)NC(CCCNC(N)=O)C(=O)Nc1ccc(C)cc1)C(C)C. The van der Waals surface area contributed by atoms with Crippen molar-refractivity contribution in [2.45, 2.75) is 52.6 Å². The minimum atomic E-state index is -0.839. The summed E-state index contributed by atoms with van der Waals surface area (Å²) in [4.78, 5) is 47.6. The second-order valence-corrected chi connectivity index (χ2v) is 7.27. The first kappa shape index (κ1) is 23.9. The van der Waals surface area contributed by atoms with Crippen molar-refractivity contribution >= 4 is 29.4 Å². The third-order valence-corrected chi connectivity index (χ3v) is 4.23. The van der Waals surface area contributed by atoms with Gasteiger partial charge in [-0.2, -0.15) is 0 Å². The van der Waals surface area contributed by atoms with E-state index in [2.05, 4.69) is 21.3 Å². The smallest absolute Gasteiger partial charge is 0.312 e. The van der Waals surface area contributed by atoms with E-state index in [4.69, 9.17) is 5.73 Å². The van der Waals surface area contributed by atoms with E-state index >= 15 is 0 Å². The van der Waals surface area contributed by atoms with Crippen molar-refractivity contribution in [3.8, 4) is 0 Å². The van der Waals surface area contributed by atoms with Crippen LogP contribution in [0.2, 0.25) is 0 Å². The van der Waals surface area contributed by atoms with E-state index in [1.807, 2.05) is 19.1 Å². The summed E-state index contributed by atoms with van der Waals surface area (Å²) in [6.45, 7) is 7.16. The van der Waals surface area contributed by atoms with E-state index in [0.717, 1.165) is 5.56 Å². The van der Waals surface area contributed by atoms with Crippen molar-refractivity contribution in [3.63, 3.8) is 0 Å². The fraction of sp³-hybridized carbons (Fsp3) is 0.500. The third-order valence-electron chi connectivity index (χ3n) is 4.23. The minimum Gasteiger partial charge on any atom is -0.352 e. The average Bonchev–Trinajstić information content (AvgIpc) is 2.63. The topological polar surface area (TPSA) is 142 Å². The van der Waals surface area contributed by atoms with Crippen LogP contribution in [0.3, 0.4) is 0 Å². The number of urea groups is 1. The quantitative estimate of drug-likeness (QED) is 0.370. The summed E-state index contributed by atoms with van der Waals surface area (Å²) in [6.07, 6.45) is 0.719. The lowest BCUT2D eigenvalue weighted by atomic mass is 10.0. The minimum absolute atomic E-state index is 0.156. The van der Waals surface area contributed by atoms with Crippen molar-refractivity contribution < 1.29 is 19.2 Å². The molecule has 0 aliphatic heterocycles. The summed E-state index contributed by atoms with van der Waals surface area (Å²) in [5.41, 5.74) is 6.71. The van der Waals surface area contributed by atoms with E-state index in [9.17, 15) is 19.2 Å². The Morgan fingerprint density at radius 1 is 1.00 bits per heavy atom. The highest BCUT2D eigenvalue weighted by Gasteiger charge is 2.28. The number of hydrogen-bond acceptors (Lipinski definition) is 4. The van der Waals surface area contributed by atoms with Crippen LogP contribution in [0.25, 0.3) is 0 Å². The fourth-order valence-corrected chi connectivity index (χ4v) is 2.67. The maximum Gasteiger partial charge on any atom is 0.312 e. The van der Waals surface area contributed by atoms with Crippen LogP contribution in [0.4, 0.5) is 10.5 Å². The number of aryl methyl sites for hydroxylation is 1. The normalized spacial score (nSPS) is 12.6. The Morgan fingerprint density at radius 3 is 2.14 bits per heavy atom. The Bertz CT molecular complexity index is 718. The van der Waals surface area contributed by atoms with Gasteiger partial charge in [-0.25, -0.2) is 4.79 Å². The highest BCUT2D eigenvalue weighted by atomic mass is 16.2. The van der Waals surface area contributed by atoms with Gasteiger partial charge in [-0.05, 0) is 37.8 Å². The zero-order chi connectivity index (χ0) is 22.0. The molecule has 0 spiro atoms. The van der Waals surface area contributed by atoms with Crippen molar-refractivity contribution in [1.82, 2.24) is 16.0 Å². The van der Waals surface area contributed by atoms with Crippen LogP contribution in [0, 0.1) is 12.8 Å². The number of primary amides is 1. The maximum absolute atomic E-state index is 12.8. The molecular weight excluding hydrogens is 374 g/mol. The first-order valence-electron chi connectivity index (χ1n) is 9.58. The van der Waals surface area contributed by atoms with E-state index < -0.39 is 24.0 Å². The molecule has 9 heteroatoms. The van der Waals surface area contributed by atoms with E-state index in [1.54, 1.807) is 26.0 Å². The molecular formula is C20H31N5O4. The van der Waals surface area contributed by atoms with Crippen molar-refractivity contribution in [2.24, 2.45) is 11.7 Å². The summed E-state index contributed by atoms with van der Waals surface area (Å²) in [6, 6.07) is 5.03. The van der Waals surface area contributed by atoms with Gasteiger partial charge in [0.25, 0.3) is 0 Å². The molecule has 29 heavy (non-hydrogen) atoms. The number of benzene rings is 1. The number of hydrogen-bond donors (Lipinski definition) is 5. The zero-order valence-electron chi connectivity index (χ0n) is 17.4. The molecule has 5 amide bonds. The van der Waals surface area contributed by atoms with Gasteiger partial charge in [0.1, 0.15) is 12.1 Å². The summed E-state index contributed by atoms with van der Waals surface area (Å²) < 4.78 is 0. The number of carbonyl (C=O) groups excluding carboxylic acids is 4. The molecule has 1 aromatic carbocycles. The Morgan fingerprint density at radius 2 is 1.62 bits per heavy atom. The molecule has 1 rings (SSSR count). The molecule has 0 saturated heterocycles. The van der Waals surface area contributed by atoms with Crippen LogP contribution in [-0.4, -0.2) is 42.4 Å². The monoisotopic (exact) mass is 405 g/mol. The number of nitrogens with two attached hydrogens (primary N) is 1. The van der Waals surface area contributed by atoms with Crippen molar-refractivity contribution in [2.75, 3.05) is 11.9 Å². The van der Waals surface area contributed by atoms with Gasteiger partial charge in [-0.15, -0.1) is 0 Å². The number of anilines is 1. The van der Waals surface area contributed by atoms with Gasteiger partial charge in [0.05, 0.1) is 0 Å². The lowest BCUT2D eigenvalue weighted by molar-refractivity contribution is -0.131. The number of nitrogens with one attached hydrogen (secondary N) is 4. The molecule has 9 nitrogen and oxygen atoms in total. The van der Waals surface area contributed by atoms with Gasteiger partial charge in [0, 0.05) is 19.2 Å². The summed E-state index contributed by atoms with van der Waals surface area (Å²) in [7, 11) is 0. The molecule has 0 saturated carbocycles. The highest BCUT2D eigenvalue weighted by Crippen LogP contribution is 2.11. The van der Waals surface area contributed by atoms with Crippen molar-refractivity contribution in [3.05, 3.63) is 29.8 Å². The fourth-order valence-electron chi connectivity index (χ4n) is 2.67.